The fraction of sp³-hybridized carbons (Fsp3) is 0.217. The van der Waals surface area contributed by atoms with Crippen LogP contribution in [0.4, 0.5) is 13.2 Å². The summed E-state index contributed by atoms with van der Waals surface area (Å²) in [6, 6.07) is 10.2. The second-order valence-corrected chi connectivity index (χ2v) is 7.96. The number of benzene rings is 2. The molecule has 34 heavy (non-hydrogen) atoms. The Morgan fingerprint density at radius 3 is 2.82 bits per heavy atom. The van der Waals surface area contributed by atoms with Gasteiger partial charge in [-0.25, -0.2) is 14.7 Å². The van der Waals surface area contributed by atoms with E-state index in [2.05, 4.69) is 20.3 Å². The van der Waals surface area contributed by atoms with E-state index in [4.69, 9.17) is 9.47 Å². The molecule has 0 N–H and O–H groups in total. The molecule has 2 aromatic heterocycles. The van der Waals surface area contributed by atoms with Crippen molar-refractivity contribution >= 4 is 5.90 Å². The van der Waals surface area contributed by atoms with Gasteiger partial charge < -0.3 is 9.47 Å². The summed E-state index contributed by atoms with van der Waals surface area (Å²) < 4.78 is 54.3. The second-order valence-electron chi connectivity index (χ2n) is 7.96. The maximum absolute atomic E-state index is 13.1. The lowest BCUT2D eigenvalue weighted by molar-refractivity contribution is -0.137. The number of aromatic nitrogens is 5. The molecule has 0 bridgehead atoms. The number of hydrogen-bond acceptors (Lipinski definition) is 6. The van der Waals surface area contributed by atoms with Gasteiger partial charge >= 0.3 is 6.18 Å². The summed E-state index contributed by atoms with van der Waals surface area (Å²) in [5.74, 6) is 0.976. The van der Waals surface area contributed by atoms with Crippen molar-refractivity contribution in [2.24, 2.45) is 4.99 Å². The monoisotopic (exact) mass is 466 g/mol. The van der Waals surface area contributed by atoms with E-state index in [-0.39, 0.29) is 6.61 Å². The van der Waals surface area contributed by atoms with E-state index in [1.807, 2.05) is 22.8 Å². The average Bonchev–Trinajstić information content (AvgIpc) is 3.57. The zero-order valence-corrected chi connectivity index (χ0v) is 17.8. The standard InChI is InChI=1S/C23H17F3N6O2/c1-33-16-5-6-18-19(9-16)32-15(10-28-30-32)8-20-21(27-12-31(18)20)22-29-17(11-34-22)13-3-2-4-14(7-13)23(24,25)26/h2-7,9-10,12,17H,8,11H2,1H3/t17-/m1/s1. The van der Waals surface area contributed by atoms with E-state index in [1.165, 1.54) is 6.07 Å². The van der Waals surface area contributed by atoms with Gasteiger partial charge in [0.05, 0.1) is 41.6 Å². The van der Waals surface area contributed by atoms with Crippen LogP contribution in [0.2, 0.25) is 0 Å². The van der Waals surface area contributed by atoms with Gasteiger partial charge in [0.1, 0.15) is 30.4 Å². The number of hydrogen-bond donors (Lipinski definition) is 0. The third-order valence-electron chi connectivity index (χ3n) is 5.96. The number of nitrogens with zero attached hydrogens (tertiary/aromatic N) is 6. The summed E-state index contributed by atoms with van der Waals surface area (Å²) >= 11 is 0. The molecule has 0 unspecified atom stereocenters. The minimum absolute atomic E-state index is 0.135. The molecular weight excluding hydrogens is 449 g/mol. The zero-order chi connectivity index (χ0) is 23.4. The highest BCUT2D eigenvalue weighted by Gasteiger charge is 2.33. The zero-order valence-electron chi connectivity index (χ0n) is 17.8. The molecular formula is C23H17F3N6O2. The molecule has 11 heteroatoms. The third-order valence-corrected chi connectivity index (χ3v) is 5.96. The number of methoxy groups -OCH3 is 1. The van der Waals surface area contributed by atoms with Gasteiger partial charge in [-0.3, -0.25) is 4.57 Å². The van der Waals surface area contributed by atoms with Crippen molar-refractivity contribution in [3.05, 3.63) is 83.2 Å². The van der Waals surface area contributed by atoms with E-state index in [0.717, 1.165) is 34.9 Å². The Morgan fingerprint density at radius 2 is 2.00 bits per heavy atom. The Balaban J connectivity index is 1.42. The normalized spacial score (nSPS) is 16.7. The maximum atomic E-state index is 13.1. The molecule has 6 rings (SSSR count). The third kappa shape index (κ3) is 3.23. The predicted molar refractivity (Wildman–Crippen MR) is 115 cm³/mol. The molecule has 2 aliphatic rings. The van der Waals surface area contributed by atoms with Gasteiger partial charge in [-0.15, -0.1) is 5.10 Å². The van der Waals surface area contributed by atoms with Gasteiger partial charge in [-0.2, -0.15) is 13.2 Å². The van der Waals surface area contributed by atoms with Crippen molar-refractivity contribution in [3.63, 3.8) is 0 Å². The van der Waals surface area contributed by atoms with E-state index in [9.17, 15) is 13.2 Å². The van der Waals surface area contributed by atoms with Crippen LogP contribution in [-0.4, -0.2) is 44.2 Å². The van der Waals surface area contributed by atoms with Crippen LogP contribution < -0.4 is 4.74 Å². The molecule has 8 nitrogen and oxygen atoms in total. The molecule has 0 radical (unpaired) electrons. The van der Waals surface area contributed by atoms with Gasteiger partial charge in [-0.05, 0) is 29.8 Å². The molecule has 4 aromatic rings. The largest absolute Gasteiger partial charge is 0.497 e. The Kier molecular flexibility index (Phi) is 4.48. The highest BCUT2D eigenvalue weighted by Crippen LogP contribution is 2.35. The average molecular weight is 466 g/mol. The first-order chi connectivity index (χ1) is 16.4. The van der Waals surface area contributed by atoms with Crippen molar-refractivity contribution in [2.75, 3.05) is 13.7 Å². The first-order valence-electron chi connectivity index (χ1n) is 10.4. The summed E-state index contributed by atoms with van der Waals surface area (Å²) in [5.41, 5.74) is 3.52. The van der Waals surface area contributed by atoms with Gasteiger partial charge in [0, 0.05) is 12.5 Å². The lowest BCUT2D eigenvalue weighted by Gasteiger charge is -2.11. The van der Waals surface area contributed by atoms with E-state index in [0.29, 0.717) is 29.3 Å². The van der Waals surface area contributed by atoms with Crippen molar-refractivity contribution < 1.29 is 22.6 Å². The molecule has 1 atom stereocenters. The van der Waals surface area contributed by atoms with E-state index < -0.39 is 17.8 Å². The Bertz CT molecular complexity index is 1440. The van der Waals surface area contributed by atoms with Gasteiger partial charge in [0.2, 0.25) is 5.90 Å². The number of halogens is 3. The van der Waals surface area contributed by atoms with E-state index >= 15 is 0 Å². The van der Waals surface area contributed by atoms with Crippen LogP contribution in [-0.2, 0) is 17.3 Å². The summed E-state index contributed by atoms with van der Waals surface area (Å²) in [6.07, 6.45) is -0.607. The molecule has 172 valence electrons. The number of rotatable bonds is 3. The number of fused-ring (bicyclic) bond motifs is 5. The van der Waals surface area contributed by atoms with Crippen LogP contribution >= 0.6 is 0 Å². The maximum Gasteiger partial charge on any atom is 0.416 e. The first kappa shape index (κ1) is 20.5. The van der Waals surface area contributed by atoms with Crippen molar-refractivity contribution in [2.45, 2.75) is 18.6 Å². The molecule has 0 aliphatic carbocycles. The van der Waals surface area contributed by atoms with Crippen LogP contribution in [0.5, 0.6) is 5.75 Å². The Labute approximate surface area is 191 Å². The highest BCUT2D eigenvalue weighted by atomic mass is 19.4. The lowest BCUT2D eigenvalue weighted by Crippen LogP contribution is -2.08. The molecule has 0 spiro atoms. The molecule has 0 saturated carbocycles. The van der Waals surface area contributed by atoms with Crippen LogP contribution in [0.1, 0.15) is 34.3 Å². The smallest absolute Gasteiger partial charge is 0.416 e. The molecule has 4 heterocycles. The minimum atomic E-state index is -4.42. The molecule has 2 aliphatic heterocycles. The van der Waals surface area contributed by atoms with Crippen molar-refractivity contribution in [1.29, 1.82) is 0 Å². The van der Waals surface area contributed by atoms with Gasteiger partial charge in [0.25, 0.3) is 0 Å². The number of imidazole rings is 1. The Hall–Kier alpha value is -4.15. The summed E-state index contributed by atoms with van der Waals surface area (Å²) in [7, 11) is 1.60. The van der Waals surface area contributed by atoms with E-state index in [1.54, 1.807) is 30.4 Å². The van der Waals surface area contributed by atoms with Crippen LogP contribution in [0.3, 0.4) is 0 Å². The molecule has 0 saturated heterocycles. The van der Waals surface area contributed by atoms with Crippen molar-refractivity contribution in [1.82, 2.24) is 24.5 Å². The van der Waals surface area contributed by atoms with Crippen LogP contribution in [0.25, 0.3) is 11.4 Å². The Morgan fingerprint density at radius 1 is 1.12 bits per heavy atom. The molecule has 2 aromatic carbocycles. The number of aliphatic imine (C=N–C) groups is 1. The fourth-order valence-corrected chi connectivity index (χ4v) is 4.28. The van der Waals surface area contributed by atoms with Gasteiger partial charge in [-0.1, -0.05) is 17.3 Å². The summed E-state index contributed by atoms with van der Waals surface area (Å²) in [6.45, 7) is 0.135. The quantitative estimate of drug-likeness (QED) is 0.403. The molecule has 0 fully saturated rings. The lowest BCUT2D eigenvalue weighted by atomic mass is 10.0. The first-order valence-corrected chi connectivity index (χ1v) is 10.4. The van der Waals surface area contributed by atoms with Gasteiger partial charge in [0.15, 0.2) is 0 Å². The minimum Gasteiger partial charge on any atom is -0.497 e. The molecule has 0 amide bonds. The number of ether oxygens (including phenoxy) is 2. The SMILES string of the molecule is COc1ccc2c(c1)-n1nncc1Cc1c(C3=N[C@@H](c4cccc(C(F)(F)F)c4)CO3)ncn1-2. The number of alkyl halides is 3. The van der Waals surface area contributed by atoms with Crippen LogP contribution in [0, 0.1) is 0 Å². The topological polar surface area (TPSA) is 79.3 Å². The van der Waals surface area contributed by atoms with Crippen molar-refractivity contribution in [3.8, 4) is 17.1 Å². The highest BCUT2D eigenvalue weighted by molar-refractivity contribution is 5.95. The van der Waals surface area contributed by atoms with Crippen LogP contribution in [0.15, 0.2) is 60.0 Å². The predicted octanol–water partition coefficient (Wildman–Crippen LogP) is 3.90. The summed E-state index contributed by atoms with van der Waals surface area (Å²) in [4.78, 5) is 9.13. The second kappa shape index (κ2) is 7.44. The summed E-state index contributed by atoms with van der Waals surface area (Å²) in [5, 5.41) is 8.28. The fourth-order valence-electron chi connectivity index (χ4n) is 4.28.